The van der Waals surface area contributed by atoms with Gasteiger partial charge in [-0.3, -0.25) is 0 Å². The fourth-order valence-electron chi connectivity index (χ4n) is 1.28. The van der Waals surface area contributed by atoms with Crippen molar-refractivity contribution in [1.82, 2.24) is 5.32 Å². The van der Waals surface area contributed by atoms with Crippen molar-refractivity contribution in [2.45, 2.75) is 52.5 Å². The van der Waals surface area contributed by atoms with Crippen LogP contribution in [0.2, 0.25) is 0 Å². The van der Waals surface area contributed by atoms with Crippen LogP contribution < -0.4 is 5.32 Å². The lowest BCUT2D eigenvalue weighted by molar-refractivity contribution is -0.146. The van der Waals surface area contributed by atoms with Gasteiger partial charge in [-0.05, 0) is 19.8 Å². The fraction of sp³-hybridized carbons (Fsp3) is 0.833. The predicted octanol–water partition coefficient (Wildman–Crippen LogP) is 2.24. The molecule has 100 valence electrons. The van der Waals surface area contributed by atoms with Gasteiger partial charge in [-0.15, -0.1) is 0 Å². The molecule has 5 nitrogen and oxygen atoms in total. The highest BCUT2D eigenvalue weighted by atomic mass is 16.6. The predicted molar refractivity (Wildman–Crippen MR) is 64.7 cm³/mol. The second-order valence-electron chi connectivity index (χ2n) is 3.73. The molecule has 0 spiro atoms. The summed E-state index contributed by atoms with van der Waals surface area (Å²) in [6.45, 7) is 6.34. The molecule has 1 N–H and O–H groups in total. The lowest BCUT2D eigenvalue weighted by Gasteiger charge is -2.16. The maximum Gasteiger partial charge on any atom is 0.407 e. The summed E-state index contributed by atoms with van der Waals surface area (Å²) in [5.41, 5.74) is 0. The summed E-state index contributed by atoms with van der Waals surface area (Å²) in [4.78, 5) is 22.9. The summed E-state index contributed by atoms with van der Waals surface area (Å²) in [6.07, 6.45) is 2.60. The molecule has 0 aromatic rings. The molecule has 0 aliphatic heterocycles. The largest absolute Gasteiger partial charge is 0.464 e. The number of hydrogen-bond donors (Lipinski definition) is 1. The molecular formula is C12H23NO4. The summed E-state index contributed by atoms with van der Waals surface area (Å²) < 4.78 is 9.77. The van der Waals surface area contributed by atoms with Crippen LogP contribution in [0.15, 0.2) is 0 Å². The molecule has 0 aliphatic rings. The number of hydrogen-bond acceptors (Lipinski definition) is 4. The molecule has 1 amide bonds. The van der Waals surface area contributed by atoms with E-state index in [-0.39, 0.29) is 12.6 Å². The SMILES string of the molecule is CCCCC(NC(=O)OCC)C(=O)OCCC. The van der Waals surface area contributed by atoms with Crippen LogP contribution in [0.4, 0.5) is 4.79 Å². The quantitative estimate of drug-likeness (QED) is 0.666. The van der Waals surface area contributed by atoms with Crippen LogP contribution in [-0.2, 0) is 14.3 Å². The summed E-state index contributed by atoms with van der Waals surface area (Å²) in [7, 11) is 0. The van der Waals surface area contributed by atoms with E-state index < -0.39 is 12.1 Å². The van der Waals surface area contributed by atoms with Crippen LogP contribution in [-0.4, -0.2) is 31.3 Å². The minimum Gasteiger partial charge on any atom is -0.464 e. The third kappa shape index (κ3) is 7.60. The molecule has 5 heteroatoms. The fourth-order valence-corrected chi connectivity index (χ4v) is 1.28. The number of carbonyl (C=O) groups is 2. The van der Waals surface area contributed by atoms with Gasteiger partial charge in [0.15, 0.2) is 0 Å². The first-order valence-corrected chi connectivity index (χ1v) is 6.25. The molecule has 0 rings (SSSR count). The second-order valence-corrected chi connectivity index (χ2v) is 3.73. The minimum absolute atomic E-state index is 0.288. The number of nitrogens with one attached hydrogen (secondary N) is 1. The maximum absolute atomic E-state index is 11.7. The number of unbranched alkanes of at least 4 members (excludes halogenated alkanes) is 1. The van der Waals surface area contributed by atoms with Crippen molar-refractivity contribution in [2.24, 2.45) is 0 Å². The highest BCUT2D eigenvalue weighted by Gasteiger charge is 2.21. The third-order valence-corrected chi connectivity index (χ3v) is 2.15. The smallest absolute Gasteiger partial charge is 0.407 e. The third-order valence-electron chi connectivity index (χ3n) is 2.15. The molecule has 0 aromatic carbocycles. The Kier molecular flexibility index (Phi) is 9.19. The Morgan fingerprint density at radius 2 is 1.82 bits per heavy atom. The van der Waals surface area contributed by atoms with Gasteiger partial charge in [-0.25, -0.2) is 9.59 Å². The molecule has 0 aliphatic carbocycles. The molecule has 1 unspecified atom stereocenters. The van der Waals surface area contributed by atoms with Crippen LogP contribution in [0.25, 0.3) is 0 Å². The van der Waals surface area contributed by atoms with Gasteiger partial charge in [0.1, 0.15) is 6.04 Å². The number of ether oxygens (including phenoxy) is 2. The molecule has 0 radical (unpaired) electrons. The normalized spacial score (nSPS) is 11.7. The van der Waals surface area contributed by atoms with Crippen LogP contribution in [0.3, 0.4) is 0 Å². The van der Waals surface area contributed by atoms with Gasteiger partial charge in [0.25, 0.3) is 0 Å². The van der Waals surface area contributed by atoms with Crippen molar-refractivity contribution < 1.29 is 19.1 Å². The van der Waals surface area contributed by atoms with E-state index in [1.54, 1.807) is 6.92 Å². The Balaban J connectivity index is 4.20. The number of esters is 1. The zero-order valence-corrected chi connectivity index (χ0v) is 11.0. The molecular weight excluding hydrogens is 222 g/mol. The average molecular weight is 245 g/mol. The van der Waals surface area contributed by atoms with Gasteiger partial charge in [-0.2, -0.15) is 0 Å². The van der Waals surface area contributed by atoms with Gasteiger partial charge in [0.2, 0.25) is 0 Å². The van der Waals surface area contributed by atoms with E-state index in [2.05, 4.69) is 5.32 Å². The lowest BCUT2D eigenvalue weighted by Crippen LogP contribution is -2.42. The second kappa shape index (κ2) is 9.93. The number of amides is 1. The molecule has 1 atom stereocenters. The van der Waals surface area contributed by atoms with E-state index in [9.17, 15) is 9.59 Å². The molecule has 17 heavy (non-hydrogen) atoms. The number of rotatable bonds is 8. The Morgan fingerprint density at radius 1 is 1.12 bits per heavy atom. The Hall–Kier alpha value is -1.26. The zero-order chi connectivity index (χ0) is 13.1. The van der Waals surface area contributed by atoms with Crippen molar-refractivity contribution in [2.75, 3.05) is 13.2 Å². The number of carbonyl (C=O) groups excluding carboxylic acids is 2. The van der Waals surface area contributed by atoms with Crippen molar-refractivity contribution in [3.63, 3.8) is 0 Å². The lowest BCUT2D eigenvalue weighted by atomic mass is 10.1. The average Bonchev–Trinajstić information content (AvgIpc) is 2.31. The first kappa shape index (κ1) is 15.7. The van der Waals surface area contributed by atoms with Crippen molar-refractivity contribution >= 4 is 12.1 Å². The zero-order valence-electron chi connectivity index (χ0n) is 11.0. The van der Waals surface area contributed by atoms with Crippen LogP contribution >= 0.6 is 0 Å². The first-order valence-electron chi connectivity index (χ1n) is 6.25. The molecule has 0 bridgehead atoms. The summed E-state index contributed by atoms with van der Waals surface area (Å²) in [5, 5.41) is 2.53. The highest BCUT2D eigenvalue weighted by molar-refractivity contribution is 5.81. The molecule has 0 saturated carbocycles. The van der Waals surface area contributed by atoms with Gasteiger partial charge in [-0.1, -0.05) is 26.7 Å². The van der Waals surface area contributed by atoms with Gasteiger partial charge in [0, 0.05) is 0 Å². The highest BCUT2D eigenvalue weighted by Crippen LogP contribution is 2.03. The molecule has 0 saturated heterocycles. The van der Waals surface area contributed by atoms with Gasteiger partial charge < -0.3 is 14.8 Å². The topological polar surface area (TPSA) is 64.6 Å². The van der Waals surface area contributed by atoms with Gasteiger partial charge >= 0.3 is 12.1 Å². The monoisotopic (exact) mass is 245 g/mol. The van der Waals surface area contributed by atoms with E-state index in [1.165, 1.54) is 0 Å². The molecule has 0 aromatic heterocycles. The van der Waals surface area contributed by atoms with Crippen LogP contribution in [0.1, 0.15) is 46.5 Å². The van der Waals surface area contributed by atoms with E-state index in [0.717, 1.165) is 19.3 Å². The van der Waals surface area contributed by atoms with Crippen LogP contribution in [0, 0.1) is 0 Å². The van der Waals surface area contributed by atoms with E-state index in [1.807, 2.05) is 13.8 Å². The summed E-state index contributed by atoms with van der Waals surface area (Å²) >= 11 is 0. The standard InChI is InChI=1S/C12H23NO4/c1-4-7-8-10(11(14)17-9-5-2)13-12(15)16-6-3/h10H,4-9H2,1-3H3,(H,13,15). The number of alkyl carbamates (subject to hydrolysis) is 1. The summed E-state index contributed by atoms with van der Waals surface area (Å²) in [6, 6.07) is -0.597. The Bertz CT molecular complexity index is 231. The summed E-state index contributed by atoms with van der Waals surface area (Å²) in [5.74, 6) is -0.381. The van der Waals surface area contributed by atoms with Crippen molar-refractivity contribution in [3.8, 4) is 0 Å². The molecule has 0 fully saturated rings. The molecule has 0 heterocycles. The van der Waals surface area contributed by atoms with Gasteiger partial charge in [0.05, 0.1) is 13.2 Å². The van der Waals surface area contributed by atoms with E-state index in [4.69, 9.17) is 9.47 Å². The van der Waals surface area contributed by atoms with E-state index >= 15 is 0 Å². The first-order chi connectivity index (χ1) is 8.15. The van der Waals surface area contributed by atoms with E-state index in [0.29, 0.717) is 13.0 Å². The minimum atomic E-state index is -0.597. The van der Waals surface area contributed by atoms with Crippen LogP contribution in [0.5, 0.6) is 0 Å². The Morgan fingerprint density at radius 3 is 2.35 bits per heavy atom. The maximum atomic E-state index is 11.7. The van der Waals surface area contributed by atoms with Crippen molar-refractivity contribution in [3.05, 3.63) is 0 Å². The van der Waals surface area contributed by atoms with Crippen molar-refractivity contribution in [1.29, 1.82) is 0 Å². The Labute approximate surface area is 103 Å².